The lowest BCUT2D eigenvalue weighted by atomic mass is 10.1. The normalized spacial score (nSPS) is 18.4. The van der Waals surface area contributed by atoms with Crippen LogP contribution in [-0.4, -0.2) is 50.1 Å². The molecule has 1 fully saturated rings. The van der Waals surface area contributed by atoms with Gasteiger partial charge in [-0.1, -0.05) is 6.08 Å². The average molecular weight is 289 g/mol. The van der Waals surface area contributed by atoms with Gasteiger partial charge in [-0.3, -0.25) is 10.7 Å². The molecule has 7 nitrogen and oxygen atoms in total. The predicted octanol–water partition coefficient (Wildman–Crippen LogP) is 0.690. The second-order valence-corrected chi connectivity index (χ2v) is 6.29. The van der Waals surface area contributed by atoms with Crippen LogP contribution in [0.25, 0.3) is 0 Å². The Morgan fingerprint density at radius 2 is 2.00 bits per heavy atom. The van der Waals surface area contributed by atoms with Crippen LogP contribution in [0.4, 0.5) is 4.79 Å². The van der Waals surface area contributed by atoms with Gasteiger partial charge in [0.1, 0.15) is 11.9 Å². The average Bonchev–Trinajstić information content (AvgIpc) is 2.28. The molecule has 1 heterocycles. The van der Waals surface area contributed by atoms with Crippen LogP contribution in [0.1, 0.15) is 19.8 Å². The van der Waals surface area contributed by atoms with Gasteiger partial charge in [0.25, 0.3) is 0 Å². The van der Waals surface area contributed by atoms with Crippen molar-refractivity contribution in [3.05, 3.63) is 12.2 Å². The van der Waals surface area contributed by atoms with Crippen LogP contribution in [0.15, 0.2) is 12.2 Å². The molecule has 0 atom stereocenters. The van der Waals surface area contributed by atoms with E-state index in [1.165, 1.54) is 16.6 Å². The van der Waals surface area contributed by atoms with E-state index in [1.54, 1.807) is 13.0 Å². The minimum atomic E-state index is -3.17. The van der Waals surface area contributed by atoms with Crippen molar-refractivity contribution < 1.29 is 17.9 Å². The minimum absolute atomic E-state index is 0.0407. The highest BCUT2D eigenvalue weighted by atomic mass is 32.2. The molecule has 1 rings (SSSR count). The number of piperidine rings is 1. The van der Waals surface area contributed by atoms with Gasteiger partial charge in [0.15, 0.2) is 0 Å². The van der Waals surface area contributed by atoms with Crippen molar-refractivity contribution in [1.82, 2.24) is 9.62 Å². The number of amides is 1. The van der Waals surface area contributed by atoms with Gasteiger partial charge in [0, 0.05) is 13.1 Å². The third-order valence-electron chi connectivity index (χ3n) is 2.71. The lowest BCUT2D eigenvalue weighted by Crippen LogP contribution is -2.42. The predicted molar refractivity (Wildman–Crippen MR) is 71.6 cm³/mol. The molecule has 0 aromatic heterocycles. The Labute approximate surface area is 113 Å². The SMILES string of the molecule is C/C=C\C(=N)NC(=O)OC1CCN(S(C)(=O)=O)CC1. The molecular weight excluding hydrogens is 270 g/mol. The molecule has 0 unspecified atom stereocenters. The van der Waals surface area contributed by atoms with E-state index >= 15 is 0 Å². The molecule has 1 amide bonds. The van der Waals surface area contributed by atoms with E-state index in [-0.39, 0.29) is 11.9 Å². The first-order valence-electron chi connectivity index (χ1n) is 5.97. The highest BCUT2D eigenvalue weighted by Gasteiger charge is 2.26. The van der Waals surface area contributed by atoms with Crippen LogP contribution in [0.3, 0.4) is 0 Å². The Bertz CT molecular complexity index is 464. The number of alkyl carbamates (subject to hydrolysis) is 1. The summed E-state index contributed by atoms with van der Waals surface area (Å²) in [5.74, 6) is -0.0407. The fourth-order valence-corrected chi connectivity index (χ4v) is 2.65. The molecule has 0 radical (unpaired) electrons. The van der Waals surface area contributed by atoms with E-state index in [0.717, 1.165) is 0 Å². The first-order valence-corrected chi connectivity index (χ1v) is 7.81. The number of nitrogens with one attached hydrogen (secondary N) is 2. The second-order valence-electron chi connectivity index (χ2n) is 4.31. The van der Waals surface area contributed by atoms with Crippen LogP contribution < -0.4 is 5.32 Å². The number of ether oxygens (including phenoxy) is 1. The third kappa shape index (κ3) is 5.39. The van der Waals surface area contributed by atoms with Crippen molar-refractivity contribution in [2.24, 2.45) is 0 Å². The molecule has 0 bridgehead atoms. The van der Waals surface area contributed by atoms with Crippen LogP contribution in [0.5, 0.6) is 0 Å². The maximum absolute atomic E-state index is 11.4. The molecule has 2 N–H and O–H groups in total. The van der Waals surface area contributed by atoms with Gasteiger partial charge in [-0.05, 0) is 25.8 Å². The lowest BCUT2D eigenvalue weighted by Gasteiger charge is -2.29. The number of sulfonamides is 1. The minimum Gasteiger partial charge on any atom is -0.446 e. The fraction of sp³-hybridized carbons (Fsp3) is 0.636. The van der Waals surface area contributed by atoms with Crippen LogP contribution >= 0.6 is 0 Å². The quantitative estimate of drug-likeness (QED) is 0.589. The van der Waals surface area contributed by atoms with E-state index in [4.69, 9.17) is 10.1 Å². The molecule has 1 aliphatic heterocycles. The summed E-state index contributed by atoms with van der Waals surface area (Å²) < 4.78 is 29.1. The van der Waals surface area contributed by atoms with Crippen molar-refractivity contribution in [2.45, 2.75) is 25.9 Å². The number of carbonyl (C=O) groups is 1. The Hall–Kier alpha value is -1.41. The first kappa shape index (κ1) is 15.6. The number of nitrogens with zero attached hydrogens (tertiary/aromatic N) is 1. The number of hydrogen-bond donors (Lipinski definition) is 2. The molecule has 0 spiro atoms. The van der Waals surface area contributed by atoms with Gasteiger partial charge in [-0.15, -0.1) is 0 Å². The molecule has 108 valence electrons. The topological polar surface area (TPSA) is 99.6 Å². The zero-order valence-corrected chi connectivity index (χ0v) is 11.9. The summed E-state index contributed by atoms with van der Waals surface area (Å²) in [4.78, 5) is 11.4. The molecule has 8 heteroatoms. The maximum atomic E-state index is 11.4. The van der Waals surface area contributed by atoms with Gasteiger partial charge in [0.05, 0.1) is 6.26 Å². The molecule has 0 saturated carbocycles. The van der Waals surface area contributed by atoms with Gasteiger partial charge in [-0.2, -0.15) is 0 Å². The van der Waals surface area contributed by atoms with E-state index in [9.17, 15) is 13.2 Å². The summed E-state index contributed by atoms with van der Waals surface area (Å²) in [5.41, 5.74) is 0. The lowest BCUT2D eigenvalue weighted by molar-refractivity contribution is 0.0708. The standard InChI is InChI=1S/C11H19N3O4S/c1-3-4-10(12)13-11(15)18-9-5-7-14(8-6-9)19(2,16)17/h3-4,9H,5-8H2,1-2H3,(H2,12,13,15)/b4-3-. The van der Waals surface area contributed by atoms with Gasteiger partial charge in [-0.25, -0.2) is 17.5 Å². The maximum Gasteiger partial charge on any atom is 0.413 e. The molecule has 1 aliphatic rings. The summed E-state index contributed by atoms with van der Waals surface area (Å²) in [6.45, 7) is 2.44. The Morgan fingerprint density at radius 3 is 2.47 bits per heavy atom. The molecule has 0 aromatic carbocycles. The van der Waals surface area contributed by atoms with E-state index in [1.807, 2.05) is 0 Å². The monoisotopic (exact) mass is 289 g/mol. The molecule has 0 aromatic rings. The van der Waals surface area contributed by atoms with Gasteiger partial charge < -0.3 is 4.74 Å². The molecule has 1 saturated heterocycles. The second kappa shape index (κ2) is 6.67. The summed E-state index contributed by atoms with van der Waals surface area (Å²) >= 11 is 0. The summed E-state index contributed by atoms with van der Waals surface area (Å²) in [6, 6.07) is 0. The van der Waals surface area contributed by atoms with E-state index < -0.39 is 16.1 Å². The van der Waals surface area contributed by atoms with E-state index in [2.05, 4.69) is 5.32 Å². The summed E-state index contributed by atoms with van der Waals surface area (Å²) in [5, 5.41) is 9.64. The first-order chi connectivity index (χ1) is 8.82. The highest BCUT2D eigenvalue weighted by Crippen LogP contribution is 2.15. The number of rotatable bonds is 3. The van der Waals surface area contributed by atoms with Gasteiger partial charge in [0.2, 0.25) is 10.0 Å². The van der Waals surface area contributed by atoms with Crippen molar-refractivity contribution >= 4 is 22.0 Å². The highest BCUT2D eigenvalue weighted by molar-refractivity contribution is 7.88. The number of amidine groups is 1. The molecular formula is C11H19N3O4S. The number of hydrogen-bond acceptors (Lipinski definition) is 5. The number of allylic oxidation sites excluding steroid dienone is 1. The van der Waals surface area contributed by atoms with Crippen molar-refractivity contribution in [3.63, 3.8) is 0 Å². The molecule has 19 heavy (non-hydrogen) atoms. The Morgan fingerprint density at radius 1 is 1.42 bits per heavy atom. The van der Waals surface area contributed by atoms with Crippen LogP contribution in [0, 0.1) is 5.41 Å². The Balaban J connectivity index is 2.37. The molecule has 0 aliphatic carbocycles. The fourth-order valence-electron chi connectivity index (χ4n) is 1.78. The van der Waals surface area contributed by atoms with Crippen LogP contribution in [0.2, 0.25) is 0 Å². The van der Waals surface area contributed by atoms with Crippen LogP contribution in [-0.2, 0) is 14.8 Å². The smallest absolute Gasteiger partial charge is 0.413 e. The summed E-state index contributed by atoms with van der Waals surface area (Å²) in [7, 11) is -3.17. The van der Waals surface area contributed by atoms with Gasteiger partial charge >= 0.3 is 6.09 Å². The van der Waals surface area contributed by atoms with Crippen molar-refractivity contribution in [2.75, 3.05) is 19.3 Å². The Kier molecular flexibility index (Phi) is 5.49. The van der Waals surface area contributed by atoms with Crippen molar-refractivity contribution in [1.29, 1.82) is 5.41 Å². The number of carbonyl (C=O) groups excluding carboxylic acids is 1. The van der Waals surface area contributed by atoms with E-state index in [0.29, 0.717) is 25.9 Å². The zero-order valence-electron chi connectivity index (χ0n) is 11.0. The van der Waals surface area contributed by atoms with Crippen molar-refractivity contribution in [3.8, 4) is 0 Å². The zero-order chi connectivity index (χ0) is 14.5. The summed E-state index contributed by atoms with van der Waals surface area (Å²) in [6.07, 6.45) is 4.19. The third-order valence-corrected chi connectivity index (χ3v) is 4.02. The largest absolute Gasteiger partial charge is 0.446 e.